The van der Waals surface area contributed by atoms with Crippen molar-refractivity contribution in [1.82, 2.24) is 10.2 Å². The number of unbranched alkanes of at least 4 members (excludes halogenated alkanes) is 1. The fraction of sp³-hybridized carbons (Fsp3) is 0.556. The summed E-state index contributed by atoms with van der Waals surface area (Å²) >= 11 is 0. The largest absolute Gasteiger partial charge is 0.481 e. The lowest BCUT2D eigenvalue weighted by molar-refractivity contribution is -0.384. The second-order valence-corrected chi connectivity index (χ2v) is 6.89. The van der Waals surface area contributed by atoms with Gasteiger partial charge in [-0.15, -0.1) is 0 Å². The van der Waals surface area contributed by atoms with E-state index in [1.807, 2.05) is 6.92 Å². The number of amides is 2. The van der Waals surface area contributed by atoms with Crippen LogP contribution in [0.25, 0.3) is 0 Å². The maximum atomic E-state index is 12.2. The number of urea groups is 1. The number of carbonyl (C=O) groups excluding carboxylic acids is 1. The maximum Gasteiger partial charge on any atom is 0.317 e. The molecule has 1 fully saturated rings. The monoisotopic (exact) mass is 363 g/mol. The smallest absolute Gasteiger partial charge is 0.317 e. The predicted octanol–water partition coefficient (Wildman–Crippen LogP) is 2.67. The number of carboxylic acid groups (broad SMARTS) is 1. The second-order valence-electron chi connectivity index (χ2n) is 6.89. The molecule has 0 saturated carbocycles. The lowest BCUT2D eigenvalue weighted by atomic mass is 9.91. The van der Waals surface area contributed by atoms with Crippen molar-refractivity contribution in [2.75, 3.05) is 19.6 Å². The Balaban J connectivity index is 1.68. The number of aryl methyl sites for hydroxylation is 1. The van der Waals surface area contributed by atoms with Crippen molar-refractivity contribution in [3.05, 3.63) is 39.9 Å². The van der Waals surface area contributed by atoms with E-state index in [4.69, 9.17) is 5.11 Å². The number of nitrogens with zero attached hydrogens (tertiary/aromatic N) is 2. The van der Waals surface area contributed by atoms with Crippen LogP contribution in [0.15, 0.2) is 24.3 Å². The third-order valence-electron chi connectivity index (χ3n) is 4.61. The van der Waals surface area contributed by atoms with Crippen LogP contribution in [-0.2, 0) is 11.2 Å². The minimum atomic E-state index is -0.850. The minimum Gasteiger partial charge on any atom is -0.481 e. The highest BCUT2D eigenvalue weighted by atomic mass is 16.6. The van der Waals surface area contributed by atoms with E-state index in [0.717, 1.165) is 24.8 Å². The van der Waals surface area contributed by atoms with Gasteiger partial charge in [0, 0.05) is 31.8 Å². The molecule has 1 aromatic carbocycles. The van der Waals surface area contributed by atoms with Gasteiger partial charge in [-0.2, -0.15) is 0 Å². The average Bonchev–Trinajstić information content (AvgIpc) is 2.61. The number of piperidine rings is 1. The number of carboxylic acids is 1. The molecule has 2 rings (SSSR count). The molecular weight excluding hydrogens is 338 g/mol. The van der Waals surface area contributed by atoms with Gasteiger partial charge < -0.3 is 15.3 Å². The van der Waals surface area contributed by atoms with Gasteiger partial charge in [-0.3, -0.25) is 14.9 Å². The van der Waals surface area contributed by atoms with Gasteiger partial charge in [0.1, 0.15) is 0 Å². The Hall–Kier alpha value is -2.64. The number of nitro benzene ring substituents is 1. The van der Waals surface area contributed by atoms with E-state index in [1.165, 1.54) is 12.1 Å². The molecule has 0 aromatic heterocycles. The average molecular weight is 363 g/mol. The second kappa shape index (κ2) is 9.17. The number of nitrogens with one attached hydrogen (secondary N) is 1. The first-order chi connectivity index (χ1) is 12.4. The van der Waals surface area contributed by atoms with Crippen molar-refractivity contribution in [2.24, 2.45) is 11.8 Å². The molecule has 142 valence electrons. The van der Waals surface area contributed by atoms with Gasteiger partial charge >= 0.3 is 12.0 Å². The number of aliphatic carboxylic acids is 1. The lowest BCUT2D eigenvalue weighted by Crippen LogP contribution is -2.49. The number of benzene rings is 1. The number of hydrogen-bond acceptors (Lipinski definition) is 4. The van der Waals surface area contributed by atoms with Crippen molar-refractivity contribution in [1.29, 1.82) is 0 Å². The lowest BCUT2D eigenvalue weighted by Gasteiger charge is -2.34. The third-order valence-corrected chi connectivity index (χ3v) is 4.61. The van der Waals surface area contributed by atoms with Crippen LogP contribution in [0.1, 0.15) is 31.7 Å². The van der Waals surface area contributed by atoms with Crippen LogP contribution < -0.4 is 5.32 Å². The first kappa shape index (κ1) is 19.7. The van der Waals surface area contributed by atoms with E-state index >= 15 is 0 Å². The Morgan fingerprint density at radius 1 is 1.27 bits per heavy atom. The molecule has 0 spiro atoms. The molecule has 0 bridgehead atoms. The van der Waals surface area contributed by atoms with E-state index in [1.54, 1.807) is 17.0 Å². The summed E-state index contributed by atoms with van der Waals surface area (Å²) in [6, 6.07) is 6.27. The molecule has 26 heavy (non-hydrogen) atoms. The number of likely N-dealkylation sites (tertiary alicyclic amines) is 1. The van der Waals surface area contributed by atoms with Crippen LogP contribution in [0.4, 0.5) is 10.5 Å². The summed E-state index contributed by atoms with van der Waals surface area (Å²) in [5, 5.41) is 22.6. The number of non-ortho nitro benzene ring substituents is 1. The molecule has 1 aromatic rings. The maximum absolute atomic E-state index is 12.2. The van der Waals surface area contributed by atoms with E-state index in [-0.39, 0.29) is 24.2 Å². The van der Waals surface area contributed by atoms with Gasteiger partial charge in [0.05, 0.1) is 10.8 Å². The van der Waals surface area contributed by atoms with Crippen LogP contribution >= 0.6 is 0 Å². The Morgan fingerprint density at radius 3 is 2.58 bits per heavy atom. The topological polar surface area (TPSA) is 113 Å². The molecule has 1 heterocycles. The summed E-state index contributed by atoms with van der Waals surface area (Å²) in [5.41, 5.74) is 1.10. The quantitative estimate of drug-likeness (QED) is 0.439. The van der Waals surface area contributed by atoms with E-state index < -0.39 is 16.8 Å². The molecule has 2 atom stereocenters. The highest BCUT2D eigenvalue weighted by molar-refractivity contribution is 5.76. The Kier molecular flexibility index (Phi) is 6.94. The summed E-state index contributed by atoms with van der Waals surface area (Å²) in [6.07, 6.45) is 3.03. The van der Waals surface area contributed by atoms with E-state index in [2.05, 4.69) is 5.32 Å². The van der Waals surface area contributed by atoms with Gasteiger partial charge in [-0.25, -0.2) is 4.79 Å². The number of hydrogen-bond donors (Lipinski definition) is 2. The molecule has 1 aliphatic rings. The first-order valence-electron chi connectivity index (χ1n) is 8.85. The molecule has 0 aliphatic carbocycles. The molecule has 1 saturated heterocycles. The zero-order valence-corrected chi connectivity index (χ0v) is 14.9. The standard InChI is InChI=1S/C18H25N3O5/c1-13-10-15(17(22)23)12-20(11-13)18(24)19-9-3-2-4-14-5-7-16(8-6-14)21(25)26/h5-8,13,15H,2-4,9-12H2,1H3,(H,19,24)(H,22,23). The van der Waals surface area contributed by atoms with Crippen molar-refractivity contribution in [2.45, 2.75) is 32.6 Å². The van der Waals surface area contributed by atoms with Crippen molar-refractivity contribution < 1.29 is 19.6 Å². The third kappa shape index (κ3) is 5.72. The SMILES string of the molecule is CC1CC(C(=O)O)CN(C(=O)NCCCCc2ccc([N+](=O)[O-])cc2)C1. The van der Waals surface area contributed by atoms with Gasteiger partial charge in [0.15, 0.2) is 0 Å². The first-order valence-corrected chi connectivity index (χ1v) is 8.85. The van der Waals surface area contributed by atoms with Crippen molar-refractivity contribution >= 4 is 17.7 Å². The minimum absolute atomic E-state index is 0.0800. The molecule has 2 N–H and O–H groups in total. The number of nitro groups is 1. The van der Waals surface area contributed by atoms with Gasteiger partial charge in [-0.1, -0.05) is 19.1 Å². The van der Waals surface area contributed by atoms with Crippen LogP contribution in [0.2, 0.25) is 0 Å². The van der Waals surface area contributed by atoms with E-state index in [0.29, 0.717) is 19.5 Å². The Labute approximate surface area is 152 Å². The zero-order chi connectivity index (χ0) is 19.1. The number of rotatable bonds is 7. The summed E-state index contributed by atoms with van der Waals surface area (Å²) in [5.74, 6) is -1.16. The molecular formula is C18H25N3O5. The molecule has 2 amide bonds. The van der Waals surface area contributed by atoms with E-state index in [9.17, 15) is 19.7 Å². The van der Waals surface area contributed by atoms with Gasteiger partial charge in [0.25, 0.3) is 5.69 Å². The summed E-state index contributed by atoms with van der Waals surface area (Å²) in [7, 11) is 0. The molecule has 8 nitrogen and oxygen atoms in total. The summed E-state index contributed by atoms with van der Waals surface area (Å²) in [6.45, 7) is 3.32. The fourth-order valence-corrected chi connectivity index (χ4v) is 3.24. The normalized spacial score (nSPS) is 19.8. The van der Waals surface area contributed by atoms with Crippen LogP contribution in [-0.4, -0.2) is 46.6 Å². The highest BCUT2D eigenvalue weighted by Gasteiger charge is 2.31. The van der Waals surface area contributed by atoms with Crippen molar-refractivity contribution in [3.8, 4) is 0 Å². The fourth-order valence-electron chi connectivity index (χ4n) is 3.24. The van der Waals surface area contributed by atoms with Gasteiger partial charge in [0.2, 0.25) is 0 Å². The van der Waals surface area contributed by atoms with Crippen LogP contribution in [0, 0.1) is 22.0 Å². The van der Waals surface area contributed by atoms with Gasteiger partial charge in [-0.05, 0) is 37.2 Å². The summed E-state index contributed by atoms with van der Waals surface area (Å²) in [4.78, 5) is 35.1. The molecule has 2 unspecified atom stereocenters. The zero-order valence-electron chi connectivity index (χ0n) is 14.9. The highest BCUT2D eigenvalue weighted by Crippen LogP contribution is 2.21. The predicted molar refractivity (Wildman–Crippen MR) is 95.9 cm³/mol. The Bertz CT molecular complexity index is 647. The van der Waals surface area contributed by atoms with Crippen molar-refractivity contribution in [3.63, 3.8) is 0 Å². The Morgan fingerprint density at radius 2 is 1.96 bits per heavy atom. The molecule has 1 aliphatic heterocycles. The summed E-state index contributed by atoms with van der Waals surface area (Å²) < 4.78 is 0. The molecule has 8 heteroatoms. The number of carbonyl (C=O) groups is 2. The van der Waals surface area contributed by atoms with Crippen LogP contribution in [0.5, 0.6) is 0 Å². The van der Waals surface area contributed by atoms with Crippen LogP contribution in [0.3, 0.4) is 0 Å². The molecule has 0 radical (unpaired) electrons.